The molecule has 1 heterocycles. The number of rotatable bonds is 5. The molecule has 0 aliphatic carbocycles. The maximum Gasteiger partial charge on any atom is 0.230 e. The first-order chi connectivity index (χ1) is 8.29. The van der Waals surface area contributed by atoms with Crippen LogP contribution in [0.5, 0.6) is 0 Å². The van der Waals surface area contributed by atoms with Gasteiger partial charge in [0.15, 0.2) is 5.82 Å². The first-order valence-electron chi connectivity index (χ1n) is 5.95. The average Bonchev–Trinajstić information content (AvgIpc) is 2.62. The predicted octanol–water partition coefficient (Wildman–Crippen LogP) is 1.40. The number of amides is 1. The minimum absolute atomic E-state index is 0.0380. The summed E-state index contributed by atoms with van der Waals surface area (Å²) in [7, 11) is 0. The number of tetrazole rings is 1. The van der Waals surface area contributed by atoms with Gasteiger partial charge < -0.3 is 5.32 Å². The lowest BCUT2D eigenvalue weighted by atomic mass is 10.1. The lowest BCUT2D eigenvalue weighted by Gasteiger charge is -2.20. The summed E-state index contributed by atoms with van der Waals surface area (Å²) in [6.45, 7) is 9.95. The van der Waals surface area contributed by atoms with Crippen LogP contribution >= 0.6 is 11.8 Å². The minimum Gasteiger partial charge on any atom is -0.351 e. The van der Waals surface area contributed by atoms with Crippen LogP contribution in [-0.2, 0) is 10.5 Å². The molecule has 0 bridgehead atoms. The molecule has 102 valence electrons. The SMILES string of the molecule is CC(C)n1nnnc1CSCC(=O)NC(C)(C)C. The molecule has 0 radical (unpaired) electrons. The maximum absolute atomic E-state index is 11.6. The van der Waals surface area contributed by atoms with E-state index in [0.29, 0.717) is 11.5 Å². The quantitative estimate of drug-likeness (QED) is 0.876. The fraction of sp³-hybridized carbons (Fsp3) is 0.818. The monoisotopic (exact) mass is 271 g/mol. The van der Waals surface area contributed by atoms with Crippen LogP contribution in [0.3, 0.4) is 0 Å². The zero-order valence-corrected chi connectivity index (χ0v) is 12.4. The molecule has 18 heavy (non-hydrogen) atoms. The summed E-state index contributed by atoms with van der Waals surface area (Å²) in [6, 6.07) is 0.235. The third-order valence-corrected chi connectivity index (χ3v) is 2.96. The fourth-order valence-corrected chi connectivity index (χ4v) is 2.13. The fourth-order valence-electron chi connectivity index (χ4n) is 1.40. The van der Waals surface area contributed by atoms with Crippen molar-refractivity contribution >= 4 is 17.7 Å². The number of aromatic nitrogens is 4. The van der Waals surface area contributed by atoms with Crippen LogP contribution in [0.15, 0.2) is 0 Å². The van der Waals surface area contributed by atoms with Gasteiger partial charge in [0.25, 0.3) is 0 Å². The number of carbonyl (C=O) groups is 1. The molecule has 0 atom stereocenters. The Hall–Kier alpha value is -1.11. The topological polar surface area (TPSA) is 72.7 Å². The molecule has 6 nitrogen and oxygen atoms in total. The number of nitrogens with one attached hydrogen (secondary N) is 1. The van der Waals surface area contributed by atoms with Gasteiger partial charge in [-0.1, -0.05) is 0 Å². The van der Waals surface area contributed by atoms with Gasteiger partial charge in [0.1, 0.15) is 0 Å². The van der Waals surface area contributed by atoms with E-state index in [2.05, 4.69) is 20.8 Å². The Morgan fingerprint density at radius 1 is 1.44 bits per heavy atom. The van der Waals surface area contributed by atoms with Gasteiger partial charge >= 0.3 is 0 Å². The molecule has 1 rings (SSSR count). The smallest absolute Gasteiger partial charge is 0.230 e. The first kappa shape index (κ1) is 14.9. The van der Waals surface area contributed by atoms with Crippen LogP contribution in [0, 0.1) is 0 Å². The molecule has 0 aliphatic heterocycles. The van der Waals surface area contributed by atoms with Crippen LogP contribution in [-0.4, -0.2) is 37.4 Å². The lowest BCUT2D eigenvalue weighted by Crippen LogP contribution is -2.41. The van der Waals surface area contributed by atoms with E-state index in [9.17, 15) is 4.79 Å². The number of hydrogen-bond donors (Lipinski definition) is 1. The van der Waals surface area contributed by atoms with Gasteiger partial charge in [-0.15, -0.1) is 16.9 Å². The van der Waals surface area contributed by atoms with Gasteiger partial charge in [0.05, 0.1) is 17.5 Å². The highest BCUT2D eigenvalue weighted by molar-refractivity contribution is 7.99. The molecule has 1 N–H and O–H groups in total. The highest BCUT2D eigenvalue weighted by Crippen LogP contribution is 2.12. The Balaban J connectivity index is 2.38. The molecule has 1 aromatic heterocycles. The second-order valence-electron chi connectivity index (χ2n) is 5.42. The van der Waals surface area contributed by atoms with Gasteiger partial charge in [0, 0.05) is 5.54 Å². The van der Waals surface area contributed by atoms with Crippen molar-refractivity contribution in [3.8, 4) is 0 Å². The second-order valence-corrected chi connectivity index (χ2v) is 6.41. The Bertz CT molecular complexity index is 396. The highest BCUT2D eigenvalue weighted by Gasteiger charge is 2.14. The molecule has 0 aromatic carbocycles. The van der Waals surface area contributed by atoms with Crippen LogP contribution in [0.25, 0.3) is 0 Å². The molecule has 0 saturated heterocycles. The molecular weight excluding hydrogens is 250 g/mol. The van der Waals surface area contributed by atoms with Crippen molar-refractivity contribution in [2.24, 2.45) is 0 Å². The minimum atomic E-state index is -0.183. The summed E-state index contributed by atoms with van der Waals surface area (Å²) in [5.41, 5.74) is -0.183. The van der Waals surface area contributed by atoms with Crippen molar-refractivity contribution < 1.29 is 4.79 Å². The Morgan fingerprint density at radius 3 is 2.67 bits per heavy atom. The Labute approximate surface area is 112 Å². The van der Waals surface area contributed by atoms with Crippen molar-refractivity contribution in [1.82, 2.24) is 25.5 Å². The summed E-state index contributed by atoms with van der Waals surface area (Å²) in [5, 5.41) is 14.4. The predicted molar refractivity (Wildman–Crippen MR) is 72.3 cm³/mol. The van der Waals surface area contributed by atoms with E-state index in [4.69, 9.17) is 0 Å². The zero-order valence-electron chi connectivity index (χ0n) is 11.6. The number of thioether (sulfide) groups is 1. The van der Waals surface area contributed by atoms with Crippen molar-refractivity contribution in [2.45, 2.75) is 52.0 Å². The van der Waals surface area contributed by atoms with Crippen molar-refractivity contribution in [2.75, 3.05) is 5.75 Å². The largest absolute Gasteiger partial charge is 0.351 e. The average molecular weight is 271 g/mol. The molecule has 0 spiro atoms. The van der Waals surface area contributed by atoms with Crippen LogP contribution in [0.4, 0.5) is 0 Å². The van der Waals surface area contributed by atoms with Gasteiger partial charge in [-0.2, -0.15) is 0 Å². The second kappa shape index (κ2) is 6.17. The summed E-state index contributed by atoms with van der Waals surface area (Å²) in [6.07, 6.45) is 0. The standard InChI is InChI=1S/C11H21N5OS/c1-8(2)16-9(13-14-15-16)6-18-7-10(17)12-11(3,4)5/h8H,6-7H2,1-5H3,(H,12,17). The van der Waals surface area contributed by atoms with E-state index in [-0.39, 0.29) is 17.5 Å². The Kier molecular flexibility index (Phi) is 5.13. The maximum atomic E-state index is 11.6. The number of nitrogens with zero attached hydrogens (tertiary/aromatic N) is 4. The summed E-state index contributed by atoms with van der Waals surface area (Å²) in [4.78, 5) is 11.6. The normalized spacial score (nSPS) is 11.9. The Morgan fingerprint density at radius 2 is 2.11 bits per heavy atom. The summed E-state index contributed by atoms with van der Waals surface area (Å²) < 4.78 is 1.77. The molecule has 1 amide bonds. The molecule has 0 aliphatic rings. The van der Waals surface area contributed by atoms with Crippen LogP contribution in [0.1, 0.15) is 46.5 Å². The van der Waals surface area contributed by atoms with E-state index in [1.165, 1.54) is 11.8 Å². The number of carbonyl (C=O) groups excluding carboxylic acids is 1. The molecule has 1 aromatic rings. The lowest BCUT2D eigenvalue weighted by molar-refractivity contribution is -0.119. The van der Waals surface area contributed by atoms with E-state index in [1.807, 2.05) is 34.6 Å². The summed E-state index contributed by atoms with van der Waals surface area (Å²) >= 11 is 1.52. The zero-order chi connectivity index (χ0) is 13.8. The summed E-state index contributed by atoms with van der Waals surface area (Å²) in [5.74, 6) is 1.90. The molecular formula is C11H21N5OS. The highest BCUT2D eigenvalue weighted by atomic mass is 32.2. The van der Waals surface area contributed by atoms with Crippen molar-refractivity contribution in [1.29, 1.82) is 0 Å². The van der Waals surface area contributed by atoms with Gasteiger partial charge in [-0.05, 0) is 45.0 Å². The molecule has 7 heteroatoms. The van der Waals surface area contributed by atoms with Gasteiger partial charge in [-0.3, -0.25) is 4.79 Å². The van der Waals surface area contributed by atoms with Crippen LogP contribution in [0.2, 0.25) is 0 Å². The van der Waals surface area contributed by atoms with E-state index < -0.39 is 0 Å². The van der Waals surface area contributed by atoms with E-state index in [0.717, 1.165) is 5.82 Å². The third kappa shape index (κ3) is 5.03. The van der Waals surface area contributed by atoms with Crippen molar-refractivity contribution in [3.05, 3.63) is 5.82 Å². The van der Waals surface area contributed by atoms with Crippen LogP contribution < -0.4 is 5.32 Å². The first-order valence-corrected chi connectivity index (χ1v) is 7.10. The van der Waals surface area contributed by atoms with Crippen molar-refractivity contribution in [3.63, 3.8) is 0 Å². The molecule has 0 unspecified atom stereocenters. The third-order valence-electron chi connectivity index (χ3n) is 2.03. The van der Waals surface area contributed by atoms with Gasteiger partial charge in [-0.25, -0.2) is 4.68 Å². The van der Waals surface area contributed by atoms with E-state index >= 15 is 0 Å². The molecule has 0 fully saturated rings. The van der Waals surface area contributed by atoms with Gasteiger partial charge in [0.2, 0.25) is 5.91 Å². The van der Waals surface area contributed by atoms with E-state index in [1.54, 1.807) is 4.68 Å². The molecule has 0 saturated carbocycles. The number of hydrogen-bond acceptors (Lipinski definition) is 5.